The third kappa shape index (κ3) is 2.36. The molecule has 8 unspecified atom stereocenters. The Morgan fingerprint density at radius 2 is 0.857 bits per heavy atom. The second-order valence-corrected chi connectivity index (χ2v) is 11.8. The molecule has 0 saturated heterocycles. The third-order valence-corrected chi connectivity index (χ3v) is 10.8. The quantitative estimate of drug-likeness (QED) is 0.444. The minimum Gasteiger partial charge on any atom is -0.0550 e. The van der Waals surface area contributed by atoms with Crippen LogP contribution in [0.2, 0.25) is 0 Å². The molecule has 0 heteroatoms. The van der Waals surface area contributed by atoms with Gasteiger partial charge in [0.15, 0.2) is 0 Å². The standard InChI is InChI=1S/C28H38/c1-5-17-7-3-11-23-25-16-22-14-20-10-2-6-18-8-4-12-24(28(18)20)26(22)15-21(25)13-19(9-1)27(17)23/h15-20,23-24,27-28H,1-14H2. The number of benzene rings is 1. The first-order chi connectivity index (χ1) is 13.9. The first-order valence-corrected chi connectivity index (χ1v) is 13.0. The second kappa shape index (κ2) is 6.36. The molecule has 6 aliphatic carbocycles. The SMILES string of the molecule is c1c2c(cc3c1C1CCCC4CCCC(C3)C41)C1CCCC3CCCC(C2)C31. The summed E-state index contributed by atoms with van der Waals surface area (Å²) in [5.74, 6) is 8.17. The molecule has 0 radical (unpaired) electrons. The number of fused-ring (bicyclic) bond motifs is 4. The summed E-state index contributed by atoms with van der Waals surface area (Å²) in [5.41, 5.74) is 7.36. The van der Waals surface area contributed by atoms with Crippen LogP contribution in [0.25, 0.3) is 0 Å². The maximum Gasteiger partial charge on any atom is -0.0125 e. The third-order valence-electron chi connectivity index (χ3n) is 10.8. The van der Waals surface area contributed by atoms with Crippen molar-refractivity contribution in [1.29, 1.82) is 0 Å². The molecule has 150 valence electrons. The van der Waals surface area contributed by atoms with Gasteiger partial charge in [0.2, 0.25) is 0 Å². The molecule has 0 bridgehead atoms. The van der Waals surface area contributed by atoms with Gasteiger partial charge in [0.1, 0.15) is 0 Å². The molecule has 28 heavy (non-hydrogen) atoms. The zero-order valence-electron chi connectivity index (χ0n) is 17.7. The molecule has 8 atom stereocenters. The molecule has 4 saturated carbocycles. The highest BCUT2D eigenvalue weighted by Crippen LogP contribution is 2.59. The molecular weight excluding hydrogens is 336 g/mol. The molecule has 0 heterocycles. The van der Waals surface area contributed by atoms with Crippen LogP contribution in [0.4, 0.5) is 0 Å². The molecule has 0 nitrogen and oxygen atoms in total. The monoisotopic (exact) mass is 374 g/mol. The Labute approximate surface area is 171 Å². The van der Waals surface area contributed by atoms with Crippen LogP contribution in [0, 0.1) is 35.5 Å². The van der Waals surface area contributed by atoms with E-state index < -0.39 is 0 Å². The van der Waals surface area contributed by atoms with E-state index in [4.69, 9.17) is 0 Å². The fourth-order valence-electron chi connectivity index (χ4n) is 9.93. The lowest BCUT2D eigenvalue weighted by Gasteiger charge is -2.52. The summed E-state index contributed by atoms with van der Waals surface area (Å²) >= 11 is 0. The Kier molecular flexibility index (Phi) is 3.85. The molecule has 0 aromatic heterocycles. The van der Waals surface area contributed by atoms with E-state index in [2.05, 4.69) is 12.1 Å². The molecule has 7 rings (SSSR count). The molecule has 0 amide bonds. The smallest absolute Gasteiger partial charge is 0.0125 e. The molecular formula is C28H38. The summed E-state index contributed by atoms with van der Waals surface area (Å²) in [6.07, 6.45) is 21.2. The van der Waals surface area contributed by atoms with Crippen molar-refractivity contribution in [2.75, 3.05) is 0 Å². The van der Waals surface area contributed by atoms with E-state index in [-0.39, 0.29) is 0 Å². The topological polar surface area (TPSA) is 0 Å². The number of rotatable bonds is 0. The van der Waals surface area contributed by atoms with Crippen LogP contribution in [0.5, 0.6) is 0 Å². The van der Waals surface area contributed by atoms with Crippen LogP contribution < -0.4 is 0 Å². The van der Waals surface area contributed by atoms with Gasteiger partial charge in [0.05, 0.1) is 0 Å². The van der Waals surface area contributed by atoms with Gasteiger partial charge >= 0.3 is 0 Å². The van der Waals surface area contributed by atoms with Crippen molar-refractivity contribution in [3.8, 4) is 0 Å². The lowest BCUT2D eigenvalue weighted by atomic mass is 9.52. The van der Waals surface area contributed by atoms with Crippen LogP contribution in [-0.4, -0.2) is 0 Å². The van der Waals surface area contributed by atoms with E-state index in [9.17, 15) is 0 Å². The van der Waals surface area contributed by atoms with Crippen molar-refractivity contribution < 1.29 is 0 Å². The van der Waals surface area contributed by atoms with Crippen LogP contribution in [0.1, 0.15) is 111 Å². The van der Waals surface area contributed by atoms with Gasteiger partial charge in [-0.1, -0.05) is 63.5 Å². The molecule has 1 aromatic rings. The van der Waals surface area contributed by atoms with Crippen molar-refractivity contribution in [3.63, 3.8) is 0 Å². The highest BCUT2D eigenvalue weighted by molar-refractivity contribution is 5.46. The van der Waals surface area contributed by atoms with E-state index in [1.54, 1.807) is 25.7 Å². The van der Waals surface area contributed by atoms with Gasteiger partial charge in [-0.3, -0.25) is 0 Å². The summed E-state index contributed by atoms with van der Waals surface area (Å²) in [4.78, 5) is 0. The molecule has 0 aliphatic heterocycles. The minimum atomic E-state index is 0.932. The molecule has 0 spiro atoms. The average molecular weight is 375 g/mol. The summed E-state index contributed by atoms with van der Waals surface area (Å²) < 4.78 is 0. The predicted octanol–water partition coefficient (Wildman–Crippen LogP) is 7.40. The van der Waals surface area contributed by atoms with Gasteiger partial charge in [-0.25, -0.2) is 0 Å². The zero-order valence-corrected chi connectivity index (χ0v) is 17.7. The molecule has 6 aliphatic rings. The summed E-state index contributed by atoms with van der Waals surface area (Å²) in [6, 6.07) is 5.63. The Bertz CT molecular complexity index is 705. The van der Waals surface area contributed by atoms with Crippen LogP contribution in [0.3, 0.4) is 0 Å². The van der Waals surface area contributed by atoms with Crippen molar-refractivity contribution >= 4 is 0 Å². The fourth-order valence-corrected chi connectivity index (χ4v) is 9.93. The van der Waals surface area contributed by atoms with Crippen molar-refractivity contribution in [2.45, 2.75) is 102 Å². The van der Waals surface area contributed by atoms with Crippen LogP contribution in [0.15, 0.2) is 12.1 Å². The van der Waals surface area contributed by atoms with E-state index in [1.807, 2.05) is 22.3 Å². The first kappa shape index (κ1) is 17.0. The fraction of sp³-hybridized carbons (Fsp3) is 0.786. The number of hydrogen-bond donors (Lipinski definition) is 0. The average Bonchev–Trinajstić information content (AvgIpc) is 2.74. The Hall–Kier alpha value is -0.780. The Balaban J connectivity index is 1.32. The maximum absolute atomic E-state index is 2.82. The largest absolute Gasteiger partial charge is 0.0550 e. The normalized spacial score (nSPS) is 46.0. The number of hydrogen-bond acceptors (Lipinski definition) is 0. The summed E-state index contributed by atoms with van der Waals surface area (Å²) in [7, 11) is 0. The Morgan fingerprint density at radius 3 is 1.32 bits per heavy atom. The maximum atomic E-state index is 2.82. The van der Waals surface area contributed by atoms with Crippen LogP contribution in [-0.2, 0) is 12.8 Å². The van der Waals surface area contributed by atoms with Crippen LogP contribution >= 0.6 is 0 Å². The Morgan fingerprint density at radius 1 is 0.464 bits per heavy atom. The van der Waals surface area contributed by atoms with E-state index in [0.717, 1.165) is 47.3 Å². The zero-order chi connectivity index (χ0) is 18.2. The predicted molar refractivity (Wildman–Crippen MR) is 116 cm³/mol. The van der Waals surface area contributed by atoms with E-state index >= 15 is 0 Å². The highest BCUT2D eigenvalue weighted by Gasteiger charge is 2.48. The lowest BCUT2D eigenvalue weighted by molar-refractivity contribution is 0.0667. The van der Waals surface area contributed by atoms with E-state index in [0.29, 0.717) is 0 Å². The van der Waals surface area contributed by atoms with Gasteiger partial charge in [-0.2, -0.15) is 0 Å². The van der Waals surface area contributed by atoms with Gasteiger partial charge in [-0.05, 0) is 108 Å². The van der Waals surface area contributed by atoms with Gasteiger partial charge in [-0.15, -0.1) is 0 Å². The van der Waals surface area contributed by atoms with Crippen molar-refractivity contribution in [1.82, 2.24) is 0 Å². The molecule has 0 N–H and O–H groups in total. The van der Waals surface area contributed by atoms with E-state index in [1.165, 1.54) is 64.2 Å². The van der Waals surface area contributed by atoms with Crippen molar-refractivity contribution in [2.24, 2.45) is 35.5 Å². The summed E-state index contributed by atoms with van der Waals surface area (Å²) in [6.45, 7) is 0. The molecule has 1 aromatic carbocycles. The summed E-state index contributed by atoms with van der Waals surface area (Å²) in [5, 5.41) is 0. The lowest BCUT2D eigenvalue weighted by Crippen LogP contribution is -2.42. The van der Waals surface area contributed by atoms with Gasteiger partial charge < -0.3 is 0 Å². The van der Waals surface area contributed by atoms with Gasteiger partial charge in [0.25, 0.3) is 0 Å². The first-order valence-electron chi connectivity index (χ1n) is 13.0. The molecule has 4 fully saturated rings. The van der Waals surface area contributed by atoms with Gasteiger partial charge in [0, 0.05) is 0 Å². The highest BCUT2D eigenvalue weighted by atomic mass is 14.5. The minimum absolute atomic E-state index is 0.932. The van der Waals surface area contributed by atoms with Crippen molar-refractivity contribution in [3.05, 3.63) is 34.4 Å². The second-order valence-electron chi connectivity index (χ2n) is 11.8.